The van der Waals surface area contributed by atoms with Crippen molar-refractivity contribution in [3.8, 4) is 0 Å². The summed E-state index contributed by atoms with van der Waals surface area (Å²) in [7, 11) is -4.93. The lowest BCUT2D eigenvalue weighted by Crippen LogP contribution is -2.18. The van der Waals surface area contributed by atoms with E-state index in [0.717, 1.165) is 0 Å². The highest BCUT2D eigenvalue weighted by Gasteiger charge is 2.24. The molecule has 0 amide bonds. The zero-order valence-electron chi connectivity index (χ0n) is 8.05. The van der Waals surface area contributed by atoms with Crippen molar-refractivity contribution in [2.75, 3.05) is 6.61 Å². The smallest absolute Gasteiger partial charge is 0.265 e. The van der Waals surface area contributed by atoms with E-state index in [2.05, 4.69) is 4.52 Å². The summed E-state index contributed by atoms with van der Waals surface area (Å²) in [5, 5.41) is 10.7. The summed E-state index contributed by atoms with van der Waals surface area (Å²) in [5.74, 6) is 0. The Hall–Kier alpha value is -1.27. The zero-order valence-corrected chi connectivity index (χ0v) is 8.95. The lowest BCUT2D eigenvalue weighted by atomic mass is 10.1. The third-order valence-electron chi connectivity index (χ3n) is 1.83. The second kappa shape index (κ2) is 5.18. The second-order valence-electron chi connectivity index (χ2n) is 2.98. The number of nitrogens with zero attached hydrogens (tertiary/aromatic N) is 1. The molecule has 8 heteroatoms. The maximum absolute atomic E-state index is 10.7. The summed E-state index contributed by atoms with van der Waals surface area (Å²) in [6.07, 6.45) is 0. The lowest BCUT2D eigenvalue weighted by Gasteiger charge is -2.17. The van der Waals surface area contributed by atoms with E-state index in [1.54, 1.807) is 18.2 Å². The molecule has 0 aliphatic heterocycles. The van der Waals surface area contributed by atoms with Gasteiger partial charge in [0.1, 0.15) is 6.61 Å². The first-order valence-corrected chi connectivity index (χ1v) is 5.76. The van der Waals surface area contributed by atoms with E-state index in [0.29, 0.717) is 5.56 Å². The van der Waals surface area contributed by atoms with Gasteiger partial charge in [-0.15, -0.1) is 0 Å². The van der Waals surface area contributed by atoms with Crippen LogP contribution in [-0.2, 0) is 9.09 Å². The van der Waals surface area contributed by atoms with Crippen molar-refractivity contribution in [2.45, 2.75) is 6.04 Å². The van der Waals surface area contributed by atoms with Crippen molar-refractivity contribution in [1.82, 2.24) is 0 Å². The minimum Gasteiger partial charge on any atom is -0.756 e. The molecule has 0 saturated carbocycles. The number of nitro groups is 1. The second-order valence-corrected chi connectivity index (χ2v) is 4.17. The molecule has 0 saturated heterocycles. The Labute approximate surface area is 91.1 Å². The summed E-state index contributed by atoms with van der Waals surface area (Å²) >= 11 is 0. The van der Waals surface area contributed by atoms with Crippen molar-refractivity contribution in [2.24, 2.45) is 0 Å². The fourth-order valence-electron chi connectivity index (χ4n) is 1.12. The highest BCUT2D eigenvalue weighted by Crippen LogP contribution is 2.32. The molecular weight excluding hydrogens is 237 g/mol. The van der Waals surface area contributed by atoms with E-state index >= 15 is 0 Å². The van der Waals surface area contributed by atoms with Crippen LogP contribution in [0.1, 0.15) is 11.6 Å². The van der Waals surface area contributed by atoms with Gasteiger partial charge in [0.15, 0.2) is 0 Å². The number of rotatable bonds is 5. The number of hydrogen-bond donors (Lipinski definition) is 1. The molecule has 0 bridgehead atoms. The molecule has 7 nitrogen and oxygen atoms in total. The average molecular weight is 246 g/mol. The molecule has 16 heavy (non-hydrogen) atoms. The van der Waals surface area contributed by atoms with Crippen LogP contribution in [0.15, 0.2) is 30.3 Å². The minimum atomic E-state index is -4.93. The fourth-order valence-corrected chi connectivity index (χ4v) is 1.45. The topological polar surface area (TPSA) is 113 Å². The van der Waals surface area contributed by atoms with Crippen LogP contribution >= 0.6 is 7.82 Å². The number of phosphoric ester groups is 1. The van der Waals surface area contributed by atoms with Gasteiger partial charge in [0.05, 0.1) is 0 Å². The lowest BCUT2D eigenvalue weighted by molar-refractivity contribution is -0.532. The molecule has 0 aromatic heterocycles. The van der Waals surface area contributed by atoms with E-state index in [4.69, 9.17) is 4.89 Å². The maximum Gasteiger partial charge on any atom is 0.265 e. The molecule has 1 aromatic carbocycles. The van der Waals surface area contributed by atoms with Crippen LogP contribution in [-0.4, -0.2) is 16.4 Å². The molecule has 0 fully saturated rings. The molecule has 1 N–H and O–H groups in total. The van der Waals surface area contributed by atoms with Crippen molar-refractivity contribution in [3.63, 3.8) is 0 Å². The Morgan fingerprint density at radius 3 is 2.44 bits per heavy atom. The average Bonchev–Trinajstić information content (AvgIpc) is 2.17. The molecule has 2 unspecified atom stereocenters. The van der Waals surface area contributed by atoms with Crippen molar-refractivity contribution >= 4 is 7.82 Å². The zero-order chi connectivity index (χ0) is 12.2. The van der Waals surface area contributed by atoms with Gasteiger partial charge in [0.2, 0.25) is 0 Å². The molecule has 1 rings (SSSR count). The van der Waals surface area contributed by atoms with Crippen molar-refractivity contribution in [1.29, 1.82) is 0 Å². The van der Waals surface area contributed by atoms with Crippen molar-refractivity contribution in [3.05, 3.63) is 46.0 Å². The Morgan fingerprint density at radius 1 is 1.44 bits per heavy atom. The summed E-state index contributed by atoms with van der Waals surface area (Å²) in [5.41, 5.74) is 0.306. The maximum atomic E-state index is 10.7. The molecule has 0 spiro atoms. The van der Waals surface area contributed by atoms with E-state index in [1.807, 2.05) is 0 Å². The third-order valence-corrected chi connectivity index (χ3v) is 2.31. The summed E-state index contributed by atoms with van der Waals surface area (Å²) in [6.45, 7) is -0.728. The van der Waals surface area contributed by atoms with Crippen LogP contribution in [0.4, 0.5) is 0 Å². The van der Waals surface area contributed by atoms with E-state index in [-0.39, 0.29) is 0 Å². The first kappa shape index (κ1) is 12.8. The minimum absolute atomic E-state index is 0.306. The van der Waals surface area contributed by atoms with Gasteiger partial charge in [-0.05, 0) is 0 Å². The fraction of sp³-hybridized carbons (Fsp3) is 0.250. The van der Waals surface area contributed by atoms with E-state index in [9.17, 15) is 19.6 Å². The Bertz CT molecular complexity index is 402. The van der Waals surface area contributed by atoms with Crippen LogP contribution in [0, 0.1) is 10.1 Å². The Balaban J connectivity index is 2.78. The van der Waals surface area contributed by atoms with Gasteiger partial charge in [-0.1, -0.05) is 30.3 Å². The molecule has 1 aromatic rings. The SMILES string of the molecule is O=[N+]([O-])C(COP(=O)([O-])O)c1ccccc1. The molecule has 0 heterocycles. The summed E-state index contributed by atoms with van der Waals surface area (Å²) in [4.78, 5) is 28.7. The third kappa shape index (κ3) is 4.08. The molecule has 0 aliphatic carbocycles. The van der Waals surface area contributed by atoms with E-state index in [1.165, 1.54) is 12.1 Å². The molecular formula is C8H9NO6P-. The van der Waals surface area contributed by atoms with Crippen LogP contribution in [0.3, 0.4) is 0 Å². The van der Waals surface area contributed by atoms with Gasteiger partial charge in [-0.25, -0.2) is 0 Å². The Morgan fingerprint density at radius 2 is 2.00 bits per heavy atom. The first-order chi connectivity index (χ1) is 7.40. The standard InChI is InChI=1S/C8H10NO6P/c10-9(11)8(6-15-16(12,13)14)7-4-2-1-3-5-7/h1-5,8H,6H2,(H2,12,13,14)/p-1. The monoisotopic (exact) mass is 246 g/mol. The highest BCUT2D eigenvalue weighted by atomic mass is 31.2. The molecule has 88 valence electrons. The van der Waals surface area contributed by atoms with Crippen LogP contribution < -0.4 is 4.89 Å². The predicted octanol–water partition coefficient (Wildman–Crippen LogP) is 0.482. The van der Waals surface area contributed by atoms with Gasteiger partial charge in [-0.2, -0.15) is 0 Å². The van der Waals surface area contributed by atoms with Gasteiger partial charge in [0, 0.05) is 10.5 Å². The van der Waals surface area contributed by atoms with Gasteiger partial charge >= 0.3 is 0 Å². The first-order valence-electron chi connectivity index (χ1n) is 4.27. The molecule has 0 aliphatic rings. The van der Waals surface area contributed by atoms with Crippen molar-refractivity contribution < 1.29 is 23.8 Å². The number of hydrogen-bond acceptors (Lipinski definition) is 5. The Kier molecular flexibility index (Phi) is 4.14. The summed E-state index contributed by atoms with van der Waals surface area (Å²) in [6, 6.07) is 6.47. The van der Waals surface area contributed by atoms with Crippen LogP contribution in [0.5, 0.6) is 0 Å². The molecule has 0 radical (unpaired) electrons. The quantitative estimate of drug-likeness (QED) is 0.459. The summed E-state index contributed by atoms with van der Waals surface area (Å²) < 4.78 is 14.3. The van der Waals surface area contributed by atoms with Crippen LogP contribution in [0.25, 0.3) is 0 Å². The highest BCUT2D eigenvalue weighted by molar-refractivity contribution is 7.44. The largest absolute Gasteiger partial charge is 0.756 e. The number of phosphoric acid groups is 1. The van der Waals surface area contributed by atoms with Gasteiger partial charge < -0.3 is 14.3 Å². The normalized spacial score (nSPS) is 16.4. The van der Waals surface area contributed by atoms with Gasteiger partial charge in [-0.3, -0.25) is 14.7 Å². The van der Waals surface area contributed by atoms with E-state index < -0.39 is 25.4 Å². The predicted molar refractivity (Wildman–Crippen MR) is 52.0 cm³/mol. The number of benzene rings is 1. The molecule has 2 atom stereocenters. The van der Waals surface area contributed by atoms with Crippen LogP contribution in [0.2, 0.25) is 0 Å². The van der Waals surface area contributed by atoms with Gasteiger partial charge in [0.25, 0.3) is 13.9 Å².